The normalized spacial score (nSPS) is 18.0. The van der Waals surface area contributed by atoms with Gasteiger partial charge >= 0.3 is 0 Å². The fourth-order valence-electron chi connectivity index (χ4n) is 2.92. The Kier molecular flexibility index (Phi) is 4.06. The Morgan fingerprint density at radius 1 is 1.33 bits per heavy atom. The van der Waals surface area contributed by atoms with Crippen LogP contribution in [0.5, 0.6) is 0 Å². The van der Waals surface area contributed by atoms with E-state index in [0.29, 0.717) is 0 Å². The van der Waals surface area contributed by atoms with E-state index in [0.717, 1.165) is 40.5 Å². The lowest BCUT2D eigenvalue weighted by Gasteiger charge is -2.25. The minimum Gasteiger partial charge on any atom is -0.332 e. The van der Waals surface area contributed by atoms with Crippen LogP contribution in [-0.4, -0.2) is 22.3 Å². The molecule has 0 saturated carbocycles. The van der Waals surface area contributed by atoms with E-state index >= 15 is 0 Å². The third kappa shape index (κ3) is 2.72. The van der Waals surface area contributed by atoms with Crippen molar-refractivity contribution in [3.63, 3.8) is 0 Å². The summed E-state index contributed by atoms with van der Waals surface area (Å²) in [4.78, 5) is 19.0. The number of nitrogens with zero attached hydrogens (tertiary/aromatic N) is 2. The zero-order chi connectivity index (χ0) is 14.8. The summed E-state index contributed by atoms with van der Waals surface area (Å²) in [5.41, 5.74) is 2.90. The molecule has 108 valence electrons. The van der Waals surface area contributed by atoms with Gasteiger partial charge in [-0.1, -0.05) is 28.1 Å². The summed E-state index contributed by atoms with van der Waals surface area (Å²) in [5, 5.41) is 0. The molecule has 0 spiro atoms. The highest BCUT2D eigenvalue weighted by Gasteiger charge is 2.31. The van der Waals surface area contributed by atoms with Crippen molar-refractivity contribution < 1.29 is 4.79 Å². The first-order chi connectivity index (χ1) is 10.2. The number of carbonyl (C=O) groups is 1. The van der Waals surface area contributed by atoms with Crippen molar-refractivity contribution in [3.8, 4) is 0 Å². The van der Waals surface area contributed by atoms with E-state index in [1.54, 1.807) is 6.20 Å². The van der Waals surface area contributed by atoms with Crippen LogP contribution in [0.15, 0.2) is 47.2 Å². The number of amides is 1. The number of rotatable bonds is 2. The smallest absolute Gasteiger partial charge is 0.254 e. The lowest BCUT2D eigenvalue weighted by molar-refractivity contribution is 0.0734. The Morgan fingerprint density at radius 3 is 2.95 bits per heavy atom. The minimum absolute atomic E-state index is 0.111. The van der Waals surface area contributed by atoms with Crippen molar-refractivity contribution >= 4 is 21.8 Å². The molecule has 1 saturated heterocycles. The van der Waals surface area contributed by atoms with Gasteiger partial charge in [0.1, 0.15) is 0 Å². The van der Waals surface area contributed by atoms with Crippen molar-refractivity contribution in [2.45, 2.75) is 25.8 Å². The van der Waals surface area contributed by atoms with Gasteiger partial charge in [0.25, 0.3) is 5.91 Å². The molecule has 0 bridgehead atoms. The second-order valence-corrected chi connectivity index (χ2v) is 6.21. The van der Waals surface area contributed by atoms with Gasteiger partial charge in [0.15, 0.2) is 0 Å². The molecule has 1 fully saturated rings. The van der Waals surface area contributed by atoms with Gasteiger partial charge in [-0.25, -0.2) is 0 Å². The van der Waals surface area contributed by atoms with Crippen molar-refractivity contribution in [2.24, 2.45) is 0 Å². The zero-order valence-corrected chi connectivity index (χ0v) is 13.5. The van der Waals surface area contributed by atoms with Gasteiger partial charge in [-0.2, -0.15) is 0 Å². The van der Waals surface area contributed by atoms with Crippen molar-refractivity contribution in [1.82, 2.24) is 9.88 Å². The summed E-state index contributed by atoms with van der Waals surface area (Å²) >= 11 is 3.50. The Bertz CT molecular complexity index is 657. The molecule has 1 aromatic carbocycles. The maximum Gasteiger partial charge on any atom is 0.254 e. The van der Waals surface area contributed by atoms with E-state index in [1.165, 1.54) is 0 Å². The molecule has 3 nitrogen and oxygen atoms in total. The Labute approximate surface area is 133 Å². The molecule has 1 amide bonds. The van der Waals surface area contributed by atoms with E-state index in [2.05, 4.69) is 27.0 Å². The minimum atomic E-state index is 0.111. The molecule has 1 aliphatic heterocycles. The van der Waals surface area contributed by atoms with Gasteiger partial charge in [-0.3, -0.25) is 9.78 Å². The standard InChI is InChI=1S/C17H17BrN2O/c1-12-14(6-2-7-15(12)18)17(21)20-10-4-8-16(20)13-5-3-9-19-11-13/h2-3,5-7,9,11,16H,4,8,10H2,1H3. The largest absolute Gasteiger partial charge is 0.332 e. The first-order valence-corrected chi connectivity index (χ1v) is 7.94. The summed E-state index contributed by atoms with van der Waals surface area (Å²) in [6.45, 7) is 2.79. The number of carbonyl (C=O) groups excluding carboxylic acids is 1. The third-order valence-corrected chi connectivity index (χ3v) is 4.94. The van der Waals surface area contributed by atoms with Crippen LogP contribution in [0.1, 0.15) is 40.4 Å². The first-order valence-electron chi connectivity index (χ1n) is 7.14. The number of halogens is 1. The predicted octanol–water partition coefficient (Wildman–Crippen LogP) is 4.13. The third-order valence-electron chi connectivity index (χ3n) is 4.08. The fraction of sp³-hybridized carbons (Fsp3) is 0.294. The molecular formula is C17H17BrN2O. The maximum absolute atomic E-state index is 12.9. The predicted molar refractivity (Wildman–Crippen MR) is 86.1 cm³/mol. The van der Waals surface area contributed by atoms with E-state index in [9.17, 15) is 4.79 Å². The van der Waals surface area contributed by atoms with Crippen molar-refractivity contribution in [2.75, 3.05) is 6.54 Å². The highest BCUT2D eigenvalue weighted by atomic mass is 79.9. The van der Waals surface area contributed by atoms with Gasteiger partial charge in [0, 0.05) is 29.0 Å². The Balaban J connectivity index is 1.92. The summed E-state index contributed by atoms with van der Waals surface area (Å²) in [6.07, 6.45) is 5.68. The number of pyridine rings is 1. The Hall–Kier alpha value is -1.68. The lowest BCUT2D eigenvalue weighted by Crippen LogP contribution is -2.31. The molecule has 1 atom stereocenters. The maximum atomic E-state index is 12.9. The second-order valence-electron chi connectivity index (χ2n) is 5.36. The van der Waals surface area contributed by atoms with Crippen LogP contribution >= 0.6 is 15.9 Å². The average molecular weight is 345 g/mol. The Morgan fingerprint density at radius 2 is 2.19 bits per heavy atom. The number of hydrogen-bond donors (Lipinski definition) is 0. The SMILES string of the molecule is Cc1c(Br)cccc1C(=O)N1CCCC1c1cccnc1. The summed E-state index contributed by atoms with van der Waals surface area (Å²) in [7, 11) is 0. The molecule has 1 aromatic heterocycles. The quantitative estimate of drug-likeness (QED) is 0.820. The van der Waals surface area contributed by atoms with Gasteiger partial charge in [-0.05, 0) is 49.1 Å². The molecule has 1 unspecified atom stereocenters. The highest BCUT2D eigenvalue weighted by Crippen LogP contribution is 2.33. The molecule has 4 heteroatoms. The van der Waals surface area contributed by atoms with Crippen LogP contribution in [0.25, 0.3) is 0 Å². The second kappa shape index (κ2) is 5.98. The highest BCUT2D eigenvalue weighted by molar-refractivity contribution is 9.10. The molecule has 0 aliphatic carbocycles. The molecular weight excluding hydrogens is 328 g/mol. The van der Waals surface area contributed by atoms with Gasteiger partial charge in [0.2, 0.25) is 0 Å². The number of benzene rings is 1. The number of aromatic nitrogens is 1. The van der Waals surface area contributed by atoms with Crippen LogP contribution in [0, 0.1) is 6.92 Å². The fourth-order valence-corrected chi connectivity index (χ4v) is 3.29. The zero-order valence-electron chi connectivity index (χ0n) is 11.9. The molecule has 0 N–H and O–H groups in total. The summed E-state index contributed by atoms with van der Waals surface area (Å²) < 4.78 is 0.977. The van der Waals surface area contributed by atoms with Crippen molar-refractivity contribution in [3.05, 3.63) is 63.9 Å². The summed E-state index contributed by atoms with van der Waals surface area (Å²) in [5.74, 6) is 0.111. The molecule has 3 rings (SSSR count). The topological polar surface area (TPSA) is 33.2 Å². The van der Waals surface area contributed by atoms with E-state index in [1.807, 2.05) is 42.3 Å². The van der Waals surface area contributed by atoms with Crippen LogP contribution in [0.2, 0.25) is 0 Å². The number of hydrogen-bond acceptors (Lipinski definition) is 2. The van der Waals surface area contributed by atoms with E-state index in [4.69, 9.17) is 0 Å². The average Bonchev–Trinajstić information content (AvgIpc) is 3.00. The van der Waals surface area contributed by atoms with Crippen LogP contribution < -0.4 is 0 Å². The van der Waals surface area contributed by atoms with Crippen LogP contribution in [0.4, 0.5) is 0 Å². The van der Waals surface area contributed by atoms with E-state index < -0.39 is 0 Å². The van der Waals surface area contributed by atoms with Gasteiger partial charge < -0.3 is 4.90 Å². The molecule has 21 heavy (non-hydrogen) atoms. The molecule has 2 heterocycles. The van der Waals surface area contributed by atoms with E-state index in [-0.39, 0.29) is 11.9 Å². The van der Waals surface area contributed by atoms with Gasteiger partial charge in [-0.15, -0.1) is 0 Å². The monoisotopic (exact) mass is 344 g/mol. The lowest BCUT2D eigenvalue weighted by atomic mass is 10.0. The number of likely N-dealkylation sites (tertiary alicyclic amines) is 1. The summed E-state index contributed by atoms with van der Waals surface area (Å²) in [6, 6.07) is 9.91. The van der Waals surface area contributed by atoms with Crippen LogP contribution in [-0.2, 0) is 0 Å². The van der Waals surface area contributed by atoms with Gasteiger partial charge in [0.05, 0.1) is 6.04 Å². The molecule has 0 radical (unpaired) electrons. The molecule has 2 aromatic rings. The molecule has 1 aliphatic rings. The first kappa shape index (κ1) is 14.3. The van der Waals surface area contributed by atoms with Crippen LogP contribution in [0.3, 0.4) is 0 Å². The van der Waals surface area contributed by atoms with Crippen molar-refractivity contribution in [1.29, 1.82) is 0 Å².